The minimum absolute atomic E-state index is 0.181. The molecule has 1 aromatic rings. The van der Waals surface area contributed by atoms with Crippen molar-refractivity contribution in [1.29, 1.82) is 0 Å². The van der Waals surface area contributed by atoms with E-state index in [0.717, 1.165) is 11.5 Å². The van der Waals surface area contributed by atoms with Crippen molar-refractivity contribution in [2.45, 2.75) is 43.4 Å². The number of carbonyl (C=O) groups excluding carboxylic acids is 1. The molecule has 6 heteroatoms. The van der Waals surface area contributed by atoms with Crippen LogP contribution in [0.5, 0.6) is 0 Å². The maximum absolute atomic E-state index is 12.1. The van der Waals surface area contributed by atoms with E-state index in [1.54, 1.807) is 4.90 Å². The summed E-state index contributed by atoms with van der Waals surface area (Å²) < 4.78 is 23.1. The van der Waals surface area contributed by atoms with E-state index in [0.29, 0.717) is 26.1 Å². The third-order valence-corrected chi connectivity index (χ3v) is 6.63. The summed E-state index contributed by atoms with van der Waals surface area (Å²) in [5.41, 5.74) is 2.46. The number of sulfone groups is 1. The van der Waals surface area contributed by atoms with Gasteiger partial charge in [-0.05, 0) is 36.3 Å². The largest absolute Gasteiger partial charge is 0.334 e. The SMILES string of the molecule is CS(=O)(=O)C1CCN(C(=O)NCc2ccc(C3CCC3)cc2)C1. The number of amides is 2. The van der Waals surface area contributed by atoms with Gasteiger partial charge >= 0.3 is 6.03 Å². The van der Waals surface area contributed by atoms with Crippen molar-refractivity contribution in [3.05, 3.63) is 35.4 Å². The van der Waals surface area contributed by atoms with Crippen LogP contribution in [0.15, 0.2) is 24.3 Å². The normalized spacial score (nSPS) is 22.0. The molecule has 1 aliphatic heterocycles. The van der Waals surface area contributed by atoms with Crippen molar-refractivity contribution < 1.29 is 13.2 Å². The zero-order valence-corrected chi connectivity index (χ0v) is 14.3. The molecule has 1 unspecified atom stereocenters. The zero-order valence-electron chi connectivity index (χ0n) is 13.5. The van der Waals surface area contributed by atoms with Crippen LogP contribution < -0.4 is 5.32 Å². The summed E-state index contributed by atoms with van der Waals surface area (Å²) in [5.74, 6) is 0.719. The Morgan fingerprint density at radius 1 is 1.22 bits per heavy atom. The molecule has 0 bridgehead atoms. The van der Waals surface area contributed by atoms with Gasteiger partial charge in [-0.2, -0.15) is 0 Å². The van der Waals surface area contributed by atoms with Crippen LogP contribution in [0.2, 0.25) is 0 Å². The lowest BCUT2D eigenvalue weighted by molar-refractivity contribution is 0.208. The number of urea groups is 1. The van der Waals surface area contributed by atoms with Gasteiger partial charge in [0.05, 0.1) is 5.25 Å². The molecule has 1 N–H and O–H groups in total. The van der Waals surface area contributed by atoms with Crippen LogP contribution in [-0.4, -0.2) is 43.9 Å². The number of nitrogens with zero attached hydrogens (tertiary/aromatic N) is 1. The molecule has 1 atom stereocenters. The van der Waals surface area contributed by atoms with Crippen LogP contribution in [0.3, 0.4) is 0 Å². The third kappa shape index (κ3) is 3.86. The second-order valence-electron chi connectivity index (χ2n) is 6.71. The molecule has 0 aromatic heterocycles. The van der Waals surface area contributed by atoms with Gasteiger partial charge in [0, 0.05) is 25.9 Å². The zero-order chi connectivity index (χ0) is 16.4. The summed E-state index contributed by atoms with van der Waals surface area (Å²) in [5, 5.41) is 2.46. The van der Waals surface area contributed by atoms with E-state index in [4.69, 9.17) is 0 Å². The standard InChI is InChI=1S/C17H24N2O3S/c1-23(21,22)16-9-10-19(12-16)17(20)18-11-13-5-7-15(8-6-13)14-3-2-4-14/h5-8,14,16H,2-4,9-12H2,1H3,(H,18,20). The molecular weight excluding hydrogens is 312 g/mol. The third-order valence-electron chi connectivity index (χ3n) is 5.04. The van der Waals surface area contributed by atoms with E-state index >= 15 is 0 Å². The number of nitrogens with one attached hydrogen (secondary N) is 1. The van der Waals surface area contributed by atoms with E-state index in [1.165, 1.54) is 31.1 Å². The Morgan fingerprint density at radius 3 is 2.43 bits per heavy atom. The quantitative estimate of drug-likeness (QED) is 0.917. The van der Waals surface area contributed by atoms with Gasteiger partial charge in [0.1, 0.15) is 0 Å². The maximum atomic E-state index is 12.1. The Hall–Kier alpha value is -1.56. The van der Waals surface area contributed by atoms with Crippen molar-refractivity contribution in [1.82, 2.24) is 10.2 Å². The topological polar surface area (TPSA) is 66.5 Å². The number of benzene rings is 1. The van der Waals surface area contributed by atoms with Crippen LogP contribution in [0.25, 0.3) is 0 Å². The van der Waals surface area contributed by atoms with Crippen LogP contribution >= 0.6 is 0 Å². The highest BCUT2D eigenvalue weighted by Gasteiger charge is 2.32. The van der Waals surface area contributed by atoms with Gasteiger partial charge in [-0.1, -0.05) is 30.7 Å². The number of hydrogen-bond acceptors (Lipinski definition) is 3. The molecule has 2 fully saturated rings. The van der Waals surface area contributed by atoms with E-state index < -0.39 is 15.1 Å². The van der Waals surface area contributed by atoms with Crippen LogP contribution in [0, 0.1) is 0 Å². The lowest BCUT2D eigenvalue weighted by Crippen LogP contribution is -2.39. The van der Waals surface area contributed by atoms with Gasteiger partial charge in [0.15, 0.2) is 9.84 Å². The molecule has 23 heavy (non-hydrogen) atoms. The number of likely N-dealkylation sites (tertiary alicyclic amines) is 1. The van der Waals surface area contributed by atoms with Crippen molar-refractivity contribution in [3.8, 4) is 0 Å². The first-order valence-electron chi connectivity index (χ1n) is 8.24. The van der Waals surface area contributed by atoms with E-state index in [2.05, 4.69) is 29.6 Å². The van der Waals surface area contributed by atoms with E-state index in [9.17, 15) is 13.2 Å². The second-order valence-corrected chi connectivity index (χ2v) is 9.04. The van der Waals surface area contributed by atoms with Crippen molar-refractivity contribution in [3.63, 3.8) is 0 Å². The second kappa shape index (κ2) is 6.51. The summed E-state index contributed by atoms with van der Waals surface area (Å²) in [4.78, 5) is 13.7. The molecule has 3 rings (SSSR count). The Labute approximate surface area is 138 Å². The fraction of sp³-hybridized carbons (Fsp3) is 0.588. The molecule has 2 amide bonds. The molecule has 0 spiro atoms. The Kier molecular flexibility index (Phi) is 4.62. The average molecular weight is 336 g/mol. The Balaban J connectivity index is 1.49. The summed E-state index contributed by atoms with van der Waals surface area (Å²) in [6.45, 7) is 1.28. The van der Waals surface area contributed by atoms with Crippen LogP contribution in [-0.2, 0) is 16.4 Å². The fourth-order valence-corrected chi connectivity index (χ4v) is 4.19. The molecule has 126 valence electrons. The number of rotatable bonds is 4. The van der Waals surface area contributed by atoms with Crippen molar-refractivity contribution >= 4 is 15.9 Å². The predicted molar refractivity (Wildman–Crippen MR) is 90.1 cm³/mol. The average Bonchev–Trinajstić information content (AvgIpc) is 2.94. The highest BCUT2D eigenvalue weighted by molar-refractivity contribution is 7.91. The summed E-state index contributed by atoms with van der Waals surface area (Å²) in [6.07, 6.45) is 5.66. The summed E-state index contributed by atoms with van der Waals surface area (Å²) in [7, 11) is -3.07. The summed E-state index contributed by atoms with van der Waals surface area (Å²) in [6, 6.07) is 8.26. The van der Waals surface area contributed by atoms with Gasteiger partial charge in [0.2, 0.25) is 0 Å². The van der Waals surface area contributed by atoms with Gasteiger partial charge in [0.25, 0.3) is 0 Å². The van der Waals surface area contributed by atoms with Gasteiger partial charge < -0.3 is 10.2 Å². The Morgan fingerprint density at radius 2 is 1.91 bits per heavy atom. The van der Waals surface area contributed by atoms with Gasteiger partial charge in [-0.15, -0.1) is 0 Å². The lowest BCUT2D eigenvalue weighted by atomic mass is 9.80. The minimum atomic E-state index is -3.07. The first-order valence-corrected chi connectivity index (χ1v) is 10.2. The first kappa shape index (κ1) is 16.3. The molecule has 0 radical (unpaired) electrons. The molecule has 2 aliphatic rings. The monoisotopic (exact) mass is 336 g/mol. The number of hydrogen-bond donors (Lipinski definition) is 1. The molecule has 1 aliphatic carbocycles. The minimum Gasteiger partial charge on any atom is -0.334 e. The first-order chi connectivity index (χ1) is 10.9. The van der Waals surface area contributed by atoms with Gasteiger partial charge in [-0.3, -0.25) is 0 Å². The highest BCUT2D eigenvalue weighted by Crippen LogP contribution is 2.36. The highest BCUT2D eigenvalue weighted by atomic mass is 32.2. The maximum Gasteiger partial charge on any atom is 0.317 e. The molecule has 1 saturated heterocycles. The van der Waals surface area contributed by atoms with Crippen LogP contribution in [0.4, 0.5) is 4.79 Å². The molecule has 1 heterocycles. The Bertz CT molecular complexity index is 666. The molecular formula is C17H24N2O3S. The summed E-state index contributed by atoms with van der Waals surface area (Å²) >= 11 is 0. The number of carbonyl (C=O) groups is 1. The van der Waals surface area contributed by atoms with E-state index in [1.807, 2.05) is 0 Å². The smallest absolute Gasteiger partial charge is 0.317 e. The van der Waals surface area contributed by atoms with Crippen molar-refractivity contribution in [2.75, 3.05) is 19.3 Å². The van der Waals surface area contributed by atoms with E-state index in [-0.39, 0.29) is 6.03 Å². The predicted octanol–water partition coefficient (Wildman–Crippen LogP) is 2.28. The van der Waals surface area contributed by atoms with Gasteiger partial charge in [-0.25, -0.2) is 13.2 Å². The van der Waals surface area contributed by atoms with Crippen LogP contribution in [0.1, 0.15) is 42.7 Å². The fourth-order valence-electron chi connectivity index (χ4n) is 3.20. The molecule has 1 aromatic carbocycles. The molecule has 1 saturated carbocycles. The molecule has 5 nitrogen and oxygen atoms in total. The lowest BCUT2D eigenvalue weighted by Gasteiger charge is -2.25. The van der Waals surface area contributed by atoms with Crippen molar-refractivity contribution in [2.24, 2.45) is 0 Å².